The minimum atomic E-state index is -0.0223. The number of hydrogen-bond acceptors (Lipinski definition) is 6. The summed E-state index contributed by atoms with van der Waals surface area (Å²) in [6, 6.07) is 0.500. The molecule has 1 unspecified atom stereocenters. The van der Waals surface area contributed by atoms with E-state index in [1.807, 2.05) is 0 Å². The number of esters is 2. The van der Waals surface area contributed by atoms with Gasteiger partial charge in [0.05, 0.1) is 13.2 Å². The fourth-order valence-corrected chi connectivity index (χ4v) is 7.17. The minimum absolute atomic E-state index is 0.0188. The van der Waals surface area contributed by atoms with Crippen molar-refractivity contribution in [3.63, 3.8) is 0 Å². The predicted octanol–water partition coefficient (Wildman–Crippen LogP) is 13.1. The Hall–Kier alpha value is -1.14. The van der Waals surface area contributed by atoms with Crippen molar-refractivity contribution in [2.24, 2.45) is 0 Å². The normalized spacial score (nSPS) is 12.2. The molecular weight excluding hydrogens is 634 g/mol. The van der Waals surface area contributed by atoms with Crippen LogP contribution in [0.3, 0.4) is 0 Å². The number of carbonyl (C=O) groups is 2. The maximum absolute atomic E-state index is 12.7. The highest BCUT2D eigenvalue weighted by atomic mass is 16.5. The van der Waals surface area contributed by atoms with Crippen molar-refractivity contribution >= 4 is 11.9 Å². The van der Waals surface area contributed by atoms with Gasteiger partial charge in [0.15, 0.2) is 0 Å². The van der Waals surface area contributed by atoms with Gasteiger partial charge < -0.3 is 14.6 Å². The van der Waals surface area contributed by atoms with E-state index in [1.54, 1.807) is 0 Å². The van der Waals surface area contributed by atoms with Crippen LogP contribution < -0.4 is 0 Å². The maximum Gasteiger partial charge on any atom is 0.306 e. The van der Waals surface area contributed by atoms with E-state index in [0.717, 1.165) is 77.3 Å². The highest BCUT2D eigenvalue weighted by Gasteiger charge is 2.15. The molecule has 0 heterocycles. The highest BCUT2D eigenvalue weighted by molar-refractivity contribution is 5.69. The molecule has 0 bridgehead atoms. The van der Waals surface area contributed by atoms with E-state index in [4.69, 9.17) is 9.47 Å². The summed E-state index contributed by atoms with van der Waals surface area (Å²) in [6.45, 7) is 11.6. The first-order valence-electron chi connectivity index (χ1n) is 22.7. The van der Waals surface area contributed by atoms with E-state index in [2.05, 4.69) is 32.6 Å². The Morgan fingerprint density at radius 1 is 0.490 bits per heavy atom. The molecule has 51 heavy (non-hydrogen) atoms. The number of aliphatic hydroxyl groups is 1. The second-order valence-electron chi connectivity index (χ2n) is 15.6. The number of carbonyl (C=O) groups excluding carboxylic acids is 2. The summed E-state index contributed by atoms with van der Waals surface area (Å²) in [6.07, 6.45) is 38.3. The number of hydrogen-bond donors (Lipinski definition) is 1. The lowest BCUT2D eigenvalue weighted by molar-refractivity contribution is -0.150. The summed E-state index contributed by atoms with van der Waals surface area (Å²) >= 11 is 0. The van der Waals surface area contributed by atoms with Crippen molar-refractivity contribution in [2.75, 3.05) is 26.3 Å². The molecule has 1 atom stereocenters. The molecule has 0 amide bonds. The Labute approximate surface area is 318 Å². The van der Waals surface area contributed by atoms with Crippen molar-refractivity contribution < 1.29 is 24.2 Å². The van der Waals surface area contributed by atoms with Gasteiger partial charge in [-0.3, -0.25) is 14.5 Å². The summed E-state index contributed by atoms with van der Waals surface area (Å²) in [5.74, 6) is -0.00345. The average Bonchev–Trinajstić information content (AvgIpc) is 3.12. The maximum atomic E-state index is 12.7. The molecule has 0 aliphatic rings. The lowest BCUT2D eigenvalue weighted by atomic mass is 10.0. The van der Waals surface area contributed by atoms with Gasteiger partial charge in [0, 0.05) is 25.4 Å². The summed E-state index contributed by atoms with van der Waals surface area (Å²) < 4.78 is 11.4. The van der Waals surface area contributed by atoms with Gasteiger partial charge in [-0.25, -0.2) is 0 Å². The SMILES string of the molecule is CCCCCCCCC(CCCCCCCC)OC(=O)CCCCCCCN(CCO)C(C)CCCCCCCCCC(=O)OCCCCCC. The first-order valence-corrected chi connectivity index (χ1v) is 22.7. The Morgan fingerprint density at radius 2 is 0.902 bits per heavy atom. The molecule has 0 rings (SSSR count). The Kier molecular flexibility index (Phi) is 39.2. The van der Waals surface area contributed by atoms with Crippen LogP contribution in [0.15, 0.2) is 0 Å². The quantitative estimate of drug-likeness (QED) is 0.0500. The van der Waals surface area contributed by atoms with Crippen molar-refractivity contribution in [1.82, 2.24) is 4.90 Å². The van der Waals surface area contributed by atoms with Gasteiger partial charge >= 0.3 is 11.9 Å². The van der Waals surface area contributed by atoms with Crippen LogP contribution in [0.5, 0.6) is 0 Å². The fourth-order valence-electron chi connectivity index (χ4n) is 7.17. The third kappa shape index (κ3) is 35.6. The number of aliphatic hydroxyl groups excluding tert-OH is 1. The summed E-state index contributed by atoms with van der Waals surface area (Å²) in [7, 11) is 0. The van der Waals surface area contributed by atoms with Crippen LogP contribution in [0.25, 0.3) is 0 Å². The topological polar surface area (TPSA) is 76.1 Å². The molecular formula is C45H89NO5. The molecule has 0 saturated carbocycles. The Bertz CT molecular complexity index is 715. The van der Waals surface area contributed by atoms with Crippen LogP contribution in [0, 0.1) is 0 Å². The van der Waals surface area contributed by atoms with E-state index >= 15 is 0 Å². The van der Waals surface area contributed by atoms with Crippen molar-refractivity contribution in [3.05, 3.63) is 0 Å². The van der Waals surface area contributed by atoms with E-state index in [9.17, 15) is 14.7 Å². The van der Waals surface area contributed by atoms with Crippen molar-refractivity contribution in [3.8, 4) is 0 Å². The molecule has 0 aliphatic carbocycles. The van der Waals surface area contributed by atoms with Gasteiger partial charge in [-0.15, -0.1) is 0 Å². The Morgan fingerprint density at radius 3 is 1.41 bits per heavy atom. The molecule has 0 aromatic heterocycles. The van der Waals surface area contributed by atoms with Crippen LogP contribution in [0.2, 0.25) is 0 Å². The highest BCUT2D eigenvalue weighted by Crippen LogP contribution is 2.19. The number of unbranched alkanes of at least 4 members (excludes halogenated alkanes) is 23. The molecule has 0 radical (unpaired) electrons. The number of ether oxygens (including phenoxy) is 2. The van der Waals surface area contributed by atoms with Crippen LogP contribution in [-0.4, -0.2) is 60.4 Å². The van der Waals surface area contributed by atoms with Crippen LogP contribution >= 0.6 is 0 Å². The standard InChI is InChI=1S/C45H89NO5/c1-5-8-11-14-21-27-34-43(35-28-22-15-12-9-6-2)51-45(49)37-30-24-19-25-31-38-46(39-40-47)42(4)33-26-20-17-16-18-23-29-36-44(48)50-41-32-13-10-7-3/h42-43,47H,5-41H2,1-4H3. The first-order chi connectivity index (χ1) is 25.0. The van der Waals surface area contributed by atoms with Gasteiger partial charge in [-0.2, -0.15) is 0 Å². The zero-order valence-corrected chi connectivity index (χ0v) is 34.8. The molecule has 304 valence electrons. The average molecular weight is 724 g/mol. The van der Waals surface area contributed by atoms with Gasteiger partial charge in [0.2, 0.25) is 0 Å². The third-order valence-corrected chi connectivity index (χ3v) is 10.7. The van der Waals surface area contributed by atoms with Crippen molar-refractivity contribution in [1.29, 1.82) is 0 Å². The number of nitrogens with zero attached hydrogens (tertiary/aromatic N) is 1. The predicted molar refractivity (Wildman–Crippen MR) is 218 cm³/mol. The molecule has 0 aromatic carbocycles. The minimum Gasteiger partial charge on any atom is -0.466 e. The fraction of sp³-hybridized carbons (Fsp3) is 0.956. The monoisotopic (exact) mass is 724 g/mol. The summed E-state index contributed by atoms with van der Waals surface area (Å²) in [4.78, 5) is 27.0. The molecule has 0 spiro atoms. The number of rotatable bonds is 41. The molecule has 0 aromatic rings. The molecule has 0 aliphatic heterocycles. The van der Waals surface area contributed by atoms with Gasteiger partial charge in [-0.1, -0.05) is 162 Å². The zero-order valence-electron chi connectivity index (χ0n) is 34.8. The van der Waals surface area contributed by atoms with Gasteiger partial charge in [0.1, 0.15) is 6.10 Å². The largest absolute Gasteiger partial charge is 0.466 e. The molecule has 0 fully saturated rings. The van der Waals surface area contributed by atoms with E-state index in [0.29, 0.717) is 25.5 Å². The lowest BCUT2D eigenvalue weighted by Gasteiger charge is -2.28. The van der Waals surface area contributed by atoms with Gasteiger partial charge in [-0.05, 0) is 71.3 Å². The van der Waals surface area contributed by atoms with Crippen LogP contribution in [-0.2, 0) is 19.1 Å². The van der Waals surface area contributed by atoms with Crippen molar-refractivity contribution in [2.45, 2.75) is 252 Å². The van der Waals surface area contributed by atoms with E-state index in [-0.39, 0.29) is 24.6 Å². The molecule has 0 saturated heterocycles. The van der Waals surface area contributed by atoms with E-state index in [1.165, 1.54) is 135 Å². The molecule has 1 N–H and O–H groups in total. The second kappa shape index (κ2) is 40.1. The van der Waals surface area contributed by atoms with E-state index < -0.39 is 0 Å². The molecule has 6 nitrogen and oxygen atoms in total. The zero-order chi connectivity index (χ0) is 37.5. The van der Waals surface area contributed by atoms with Gasteiger partial charge in [0.25, 0.3) is 0 Å². The smallest absolute Gasteiger partial charge is 0.306 e. The van der Waals surface area contributed by atoms with Crippen LogP contribution in [0.1, 0.15) is 240 Å². The molecule has 6 heteroatoms. The summed E-state index contributed by atoms with van der Waals surface area (Å²) in [5, 5.41) is 9.66. The summed E-state index contributed by atoms with van der Waals surface area (Å²) in [5.41, 5.74) is 0. The Balaban J connectivity index is 4.03. The first kappa shape index (κ1) is 49.9. The second-order valence-corrected chi connectivity index (χ2v) is 15.6. The van der Waals surface area contributed by atoms with Crippen LogP contribution in [0.4, 0.5) is 0 Å². The third-order valence-electron chi connectivity index (χ3n) is 10.7. The lowest BCUT2D eigenvalue weighted by Crippen LogP contribution is -2.36.